The third-order valence-electron chi connectivity index (χ3n) is 3.19. The molecule has 0 radical (unpaired) electrons. The van der Waals surface area contributed by atoms with E-state index in [1.807, 2.05) is 38.1 Å². The van der Waals surface area contributed by atoms with Gasteiger partial charge in [-0.1, -0.05) is 49.2 Å². The van der Waals surface area contributed by atoms with Crippen molar-refractivity contribution in [2.24, 2.45) is 5.92 Å². The van der Waals surface area contributed by atoms with Crippen molar-refractivity contribution < 1.29 is 4.79 Å². The van der Waals surface area contributed by atoms with Gasteiger partial charge in [-0.25, -0.2) is 0 Å². The Morgan fingerprint density at radius 1 is 1.14 bits per heavy atom. The Bertz CT molecular complexity index is 626. The average Bonchev–Trinajstić information content (AvgIpc) is 2.46. The van der Waals surface area contributed by atoms with Crippen molar-refractivity contribution in [3.8, 4) is 0 Å². The zero-order valence-electron chi connectivity index (χ0n) is 11.8. The third-order valence-corrected chi connectivity index (χ3v) is 3.78. The van der Waals surface area contributed by atoms with Gasteiger partial charge in [-0.3, -0.25) is 9.78 Å². The lowest BCUT2D eigenvalue weighted by Gasteiger charge is -2.23. The molecule has 1 atom stereocenters. The number of hydrogen-bond acceptors (Lipinski definition) is 2. The summed E-state index contributed by atoms with van der Waals surface area (Å²) in [6, 6.07) is 8.94. The smallest absolute Gasteiger partial charge is 0.254 e. The van der Waals surface area contributed by atoms with Gasteiger partial charge in [0.05, 0.1) is 16.6 Å². The third kappa shape index (κ3) is 3.96. The summed E-state index contributed by atoms with van der Waals surface area (Å²) in [4.78, 5) is 16.3. The van der Waals surface area contributed by atoms with Crippen molar-refractivity contribution in [3.05, 3.63) is 63.9 Å². The molecular weight excluding hydrogens is 307 g/mol. The van der Waals surface area contributed by atoms with E-state index in [4.69, 9.17) is 23.2 Å². The van der Waals surface area contributed by atoms with Gasteiger partial charge in [0.2, 0.25) is 0 Å². The molecule has 2 rings (SSSR count). The van der Waals surface area contributed by atoms with Gasteiger partial charge in [-0.15, -0.1) is 0 Å². The van der Waals surface area contributed by atoms with Crippen molar-refractivity contribution in [2.75, 3.05) is 0 Å². The van der Waals surface area contributed by atoms with Crippen LogP contribution in [0.1, 0.15) is 35.8 Å². The number of aromatic nitrogens is 1. The first-order valence-corrected chi connectivity index (χ1v) is 7.40. The Kier molecular flexibility index (Phi) is 5.21. The Balaban J connectivity index is 2.23. The molecule has 5 heteroatoms. The fraction of sp³-hybridized carbons (Fsp3) is 0.250. The van der Waals surface area contributed by atoms with Gasteiger partial charge in [0.1, 0.15) is 0 Å². The molecule has 0 bridgehead atoms. The summed E-state index contributed by atoms with van der Waals surface area (Å²) >= 11 is 11.9. The van der Waals surface area contributed by atoms with E-state index in [9.17, 15) is 4.79 Å². The highest BCUT2D eigenvalue weighted by Crippen LogP contribution is 2.24. The van der Waals surface area contributed by atoms with Crippen molar-refractivity contribution in [2.45, 2.75) is 19.9 Å². The van der Waals surface area contributed by atoms with E-state index >= 15 is 0 Å². The fourth-order valence-corrected chi connectivity index (χ4v) is 2.39. The van der Waals surface area contributed by atoms with Crippen LogP contribution in [0.4, 0.5) is 0 Å². The Morgan fingerprint density at radius 3 is 2.38 bits per heavy atom. The maximum absolute atomic E-state index is 12.4. The number of hydrogen-bond donors (Lipinski definition) is 1. The van der Waals surface area contributed by atoms with E-state index in [-0.39, 0.29) is 17.9 Å². The SMILES string of the molecule is CC(C)C(NC(=O)c1cnccc1Cl)c1ccc(Cl)cc1. The molecule has 1 N–H and O–H groups in total. The monoisotopic (exact) mass is 322 g/mol. The number of benzene rings is 1. The minimum absolute atomic E-state index is 0.119. The summed E-state index contributed by atoms with van der Waals surface area (Å²) in [5, 5.41) is 4.06. The van der Waals surface area contributed by atoms with Crippen LogP contribution in [0.2, 0.25) is 10.0 Å². The van der Waals surface area contributed by atoms with Crippen molar-refractivity contribution in [1.82, 2.24) is 10.3 Å². The highest BCUT2D eigenvalue weighted by molar-refractivity contribution is 6.33. The summed E-state index contributed by atoms with van der Waals surface area (Å²) in [5.41, 5.74) is 1.38. The average molecular weight is 323 g/mol. The van der Waals surface area contributed by atoms with E-state index < -0.39 is 0 Å². The quantitative estimate of drug-likeness (QED) is 0.899. The molecule has 1 amide bonds. The molecule has 0 fully saturated rings. The second-order valence-electron chi connectivity index (χ2n) is 5.10. The second kappa shape index (κ2) is 6.92. The molecule has 0 saturated heterocycles. The molecule has 1 aromatic carbocycles. The van der Waals surface area contributed by atoms with Crippen LogP contribution in [0.15, 0.2) is 42.7 Å². The molecule has 1 heterocycles. The first kappa shape index (κ1) is 15.8. The molecule has 0 aliphatic rings. The highest BCUT2D eigenvalue weighted by Gasteiger charge is 2.20. The van der Waals surface area contributed by atoms with Crippen LogP contribution in [-0.4, -0.2) is 10.9 Å². The lowest BCUT2D eigenvalue weighted by molar-refractivity contribution is 0.0925. The van der Waals surface area contributed by atoms with Crippen molar-refractivity contribution in [3.63, 3.8) is 0 Å². The fourth-order valence-electron chi connectivity index (χ4n) is 2.07. The number of nitrogens with one attached hydrogen (secondary N) is 1. The number of pyridine rings is 1. The number of amides is 1. The Morgan fingerprint density at radius 2 is 1.81 bits per heavy atom. The van der Waals surface area contributed by atoms with Crippen molar-refractivity contribution >= 4 is 29.1 Å². The van der Waals surface area contributed by atoms with Crippen LogP contribution >= 0.6 is 23.2 Å². The number of halogens is 2. The van der Waals surface area contributed by atoms with E-state index in [2.05, 4.69) is 10.3 Å². The molecule has 0 spiro atoms. The van der Waals surface area contributed by atoms with Crippen molar-refractivity contribution in [1.29, 1.82) is 0 Å². The van der Waals surface area contributed by atoms with Gasteiger partial charge in [-0.2, -0.15) is 0 Å². The van der Waals surface area contributed by atoms with Crippen LogP contribution in [0.3, 0.4) is 0 Å². The summed E-state index contributed by atoms with van der Waals surface area (Å²) in [6.45, 7) is 4.09. The normalized spacial score (nSPS) is 12.2. The minimum atomic E-state index is -0.234. The number of rotatable bonds is 4. The molecule has 0 saturated carbocycles. The molecule has 1 aromatic heterocycles. The predicted octanol–water partition coefficient (Wildman–Crippen LogP) is 4.52. The lowest BCUT2D eigenvalue weighted by Crippen LogP contribution is -2.32. The second-order valence-corrected chi connectivity index (χ2v) is 5.95. The summed E-state index contributed by atoms with van der Waals surface area (Å²) < 4.78 is 0. The predicted molar refractivity (Wildman–Crippen MR) is 85.7 cm³/mol. The van der Waals surface area contributed by atoms with Crippen LogP contribution < -0.4 is 5.32 Å². The van der Waals surface area contributed by atoms with Crippen LogP contribution in [0.5, 0.6) is 0 Å². The molecule has 0 aliphatic heterocycles. The maximum Gasteiger partial charge on any atom is 0.254 e. The number of carbonyl (C=O) groups is 1. The topological polar surface area (TPSA) is 42.0 Å². The largest absolute Gasteiger partial charge is 0.345 e. The molecule has 1 unspecified atom stereocenters. The molecular formula is C16H16Cl2N2O. The Hall–Kier alpha value is -1.58. The first-order chi connectivity index (χ1) is 9.99. The molecule has 3 nitrogen and oxygen atoms in total. The van der Waals surface area contributed by atoms with Crippen LogP contribution in [0, 0.1) is 5.92 Å². The lowest BCUT2D eigenvalue weighted by atomic mass is 9.96. The molecule has 21 heavy (non-hydrogen) atoms. The van der Waals surface area contributed by atoms with Gasteiger partial charge in [0.15, 0.2) is 0 Å². The maximum atomic E-state index is 12.4. The Labute approximate surface area is 134 Å². The number of carbonyl (C=O) groups excluding carboxylic acids is 1. The van der Waals surface area contributed by atoms with E-state index in [1.165, 1.54) is 6.20 Å². The zero-order chi connectivity index (χ0) is 15.4. The summed E-state index contributed by atoms with van der Waals surface area (Å²) in [5.74, 6) is -0.00711. The van der Waals surface area contributed by atoms with E-state index in [1.54, 1.807) is 12.3 Å². The van der Waals surface area contributed by atoms with Gasteiger partial charge >= 0.3 is 0 Å². The molecule has 0 aliphatic carbocycles. The standard InChI is InChI=1S/C16H16Cl2N2O/c1-10(2)15(11-3-5-12(17)6-4-11)20-16(21)13-9-19-8-7-14(13)18/h3-10,15H,1-2H3,(H,20,21). The van der Waals surface area contributed by atoms with Crippen LogP contribution in [0.25, 0.3) is 0 Å². The summed E-state index contributed by atoms with van der Waals surface area (Å²) in [7, 11) is 0. The first-order valence-electron chi connectivity index (χ1n) is 6.65. The zero-order valence-corrected chi connectivity index (χ0v) is 13.3. The highest BCUT2D eigenvalue weighted by atomic mass is 35.5. The minimum Gasteiger partial charge on any atom is -0.345 e. The van der Waals surface area contributed by atoms with E-state index in [0.717, 1.165) is 5.56 Å². The molecule has 2 aromatic rings. The van der Waals surface area contributed by atoms with Gasteiger partial charge in [0, 0.05) is 17.4 Å². The summed E-state index contributed by atoms with van der Waals surface area (Å²) in [6.07, 6.45) is 3.02. The number of nitrogens with zero attached hydrogens (tertiary/aromatic N) is 1. The molecule has 110 valence electrons. The van der Waals surface area contributed by atoms with Gasteiger partial charge < -0.3 is 5.32 Å². The van der Waals surface area contributed by atoms with Gasteiger partial charge in [-0.05, 0) is 29.7 Å². The van der Waals surface area contributed by atoms with E-state index in [0.29, 0.717) is 15.6 Å². The van der Waals surface area contributed by atoms with Crippen LogP contribution in [-0.2, 0) is 0 Å². The van der Waals surface area contributed by atoms with Gasteiger partial charge in [0.25, 0.3) is 5.91 Å².